The van der Waals surface area contributed by atoms with Crippen molar-refractivity contribution in [3.63, 3.8) is 0 Å². The van der Waals surface area contributed by atoms with E-state index < -0.39 is 12.0 Å². The Kier molecular flexibility index (Phi) is 12.0. The lowest BCUT2D eigenvalue weighted by molar-refractivity contribution is -0.142. The van der Waals surface area contributed by atoms with E-state index in [1.807, 2.05) is 62.7 Å². The summed E-state index contributed by atoms with van der Waals surface area (Å²) in [6.45, 7) is 2.42. The topological polar surface area (TPSA) is 95.3 Å². The first-order valence-corrected chi connectivity index (χ1v) is 16.3. The largest absolute Gasteiger partial charge is 0.467 e. The maximum atomic E-state index is 13.6. The minimum absolute atomic E-state index is 0.117. The van der Waals surface area contributed by atoms with E-state index in [4.69, 9.17) is 9.47 Å². The third kappa shape index (κ3) is 8.44. The molecule has 0 bridgehead atoms. The number of amides is 1. The maximum Gasteiger partial charge on any atom is 0.328 e. The van der Waals surface area contributed by atoms with Gasteiger partial charge in [0.25, 0.3) is 5.91 Å². The van der Waals surface area contributed by atoms with Crippen LogP contribution in [0.4, 0.5) is 0 Å². The summed E-state index contributed by atoms with van der Waals surface area (Å²) < 4.78 is 13.3. The summed E-state index contributed by atoms with van der Waals surface area (Å²) in [6.07, 6.45) is 12.8. The normalized spacial score (nSPS) is 15.2. The molecule has 1 aliphatic rings. The van der Waals surface area contributed by atoms with Gasteiger partial charge < -0.3 is 14.8 Å². The molecule has 3 aromatic rings. The fourth-order valence-corrected chi connectivity index (χ4v) is 6.28. The summed E-state index contributed by atoms with van der Waals surface area (Å²) in [5.41, 5.74) is 5.28. The Labute approximate surface area is 253 Å². The van der Waals surface area contributed by atoms with Crippen LogP contribution in [0.2, 0.25) is 0 Å². The molecule has 0 aliphatic heterocycles. The number of benzene rings is 2. The number of methoxy groups -OCH3 is 1. The number of nitrogens with one attached hydrogen (secondary N) is 1. The average Bonchev–Trinajstić information content (AvgIpc) is 3.44. The van der Waals surface area contributed by atoms with E-state index in [1.54, 1.807) is 22.6 Å². The number of rotatable bonds is 14. The number of esters is 1. The Balaban J connectivity index is 1.57. The van der Waals surface area contributed by atoms with E-state index in [1.165, 1.54) is 39.2 Å². The van der Waals surface area contributed by atoms with Gasteiger partial charge in [-0.05, 0) is 78.5 Å². The predicted molar refractivity (Wildman–Crippen MR) is 167 cm³/mol. The van der Waals surface area contributed by atoms with Crippen LogP contribution in [0.25, 0.3) is 11.1 Å². The molecule has 0 radical (unpaired) electrons. The van der Waals surface area contributed by atoms with Crippen LogP contribution in [0, 0.1) is 12.8 Å². The van der Waals surface area contributed by atoms with Gasteiger partial charge in [-0.15, -0.1) is 5.10 Å². The molecule has 0 saturated heterocycles. The van der Waals surface area contributed by atoms with Crippen molar-refractivity contribution in [2.75, 3.05) is 19.1 Å². The highest BCUT2D eigenvalue weighted by Crippen LogP contribution is 2.33. The quantitative estimate of drug-likeness (QED) is 0.216. The van der Waals surface area contributed by atoms with Gasteiger partial charge in [0.2, 0.25) is 0 Å². The fourth-order valence-electron chi connectivity index (χ4n) is 5.81. The molecule has 226 valence electrons. The van der Waals surface area contributed by atoms with E-state index in [-0.39, 0.29) is 12.0 Å². The van der Waals surface area contributed by atoms with Gasteiger partial charge >= 0.3 is 5.97 Å². The van der Waals surface area contributed by atoms with Crippen molar-refractivity contribution in [3.8, 4) is 11.1 Å². The SMILES string of the molecule is COC(=O)[C@H](CCSC)NC(=O)c1ccc(COC(CCC2CCCCC2)c2cnnn2C)cc1-c1ccccc1C. The molecule has 1 saturated carbocycles. The van der Waals surface area contributed by atoms with E-state index in [2.05, 4.69) is 15.6 Å². The number of thioether (sulfide) groups is 1. The summed E-state index contributed by atoms with van der Waals surface area (Å²) in [6, 6.07) is 13.1. The van der Waals surface area contributed by atoms with Crippen LogP contribution in [-0.4, -0.2) is 52.0 Å². The highest BCUT2D eigenvalue weighted by atomic mass is 32.2. The van der Waals surface area contributed by atoms with Crippen molar-refractivity contribution in [3.05, 3.63) is 71.0 Å². The van der Waals surface area contributed by atoms with E-state index in [9.17, 15) is 9.59 Å². The first-order valence-electron chi connectivity index (χ1n) is 14.9. The Morgan fingerprint density at radius 2 is 1.88 bits per heavy atom. The number of nitrogens with zero attached hydrogens (tertiary/aromatic N) is 3. The van der Waals surface area contributed by atoms with Crippen molar-refractivity contribution in [2.24, 2.45) is 13.0 Å². The molecule has 8 nitrogen and oxygen atoms in total. The number of hydrogen-bond donors (Lipinski definition) is 1. The van der Waals surface area contributed by atoms with Gasteiger partial charge in [-0.3, -0.25) is 4.79 Å². The molecule has 1 fully saturated rings. The standard InChI is InChI=1S/C33H44N4O4S/c1-23-10-8-9-13-26(23)28-20-25(14-16-27(28)32(38)35-29(18-19-42-4)33(39)40-3)22-41-31(30-21-34-36-37(30)2)17-15-24-11-6-5-7-12-24/h8-10,13-14,16,20-21,24,29,31H,5-7,11-12,15,17-19,22H2,1-4H3,(H,35,38)/t29-,31?/m0/s1. The molecule has 1 heterocycles. The molecule has 2 aromatic carbocycles. The summed E-state index contributed by atoms with van der Waals surface area (Å²) in [4.78, 5) is 26.0. The number of ether oxygens (including phenoxy) is 2. The maximum absolute atomic E-state index is 13.6. The second kappa shape index (κ2) is 15.9. The lowest BCUT2D eigenvalue weighted by Crippen LogP contribution is -2.42. The number of aromatic nitrogens is 3. The number of hydrogen-bond acceptors (Lipinski definition) is 7. The molecule has 2 atom stereocenters. The monoisotopic (exact) mass is 592 g/mol. The van der Waals surface area contributed by atoms with Crippen molar-refractivity contribution in [1.29, 1.82) is 0 Å². The van der Waals surface area contributed by atoms with Crippen LogP contribution >= 0.6 is 11.8 Å². The van der Waals surface area contributed by atoms with Crippen LogP contribution in [0.5, 0.6) is 0 Å². The molecule has 9 heteroatoms. The zero-order valence-electron chi connectivity index (χ0n) is 25.3. The average molecular weight is 593 g/mol. The van der Waals surface area contributed by atoms with Crippen LogP contribution in [0.15, 0.2) is 48.7 Å². The Bertz CT molecular complexity index is 1320. The lowest BCUT2D eigenvalue weighted by atomic mass is 9.85. The number of aryl methyl sites for hydroxylation is 2. The van der Waals surface area contributed by atoms with Crippen molar-refractivity contribution in [1.82, 2.24) is 20.3 Å². The Morgan fingerprint density at radius 3 is 2.57 bits per heavy atom. The summed E-state index contributed by atoms with van der Waals surface area (Å²) in [5, 5.41) is 11.2. The van der Waals surface area contributed by atoms with Crippen LogP contribution in [0.3, 0.4) is 0 Å². The van der Waals surface area contributed by atoms with Gasteiger partial charge in [-0.1, -0.05) is 67.6 Å². The van der Waals surface area contributed by atoms with Gasteiger partial charge in [0.15, 0.2) is 0 Å². The second-order valence-electron chi connectivity index (χ2n) is 11.2. The second-order valence-corrected chi connectivity index (χ2v) is 12.2. The molecule has 42 heavy (non-hydrogen) atoms. The van der Waals surface area contributed by atoms with Gasteiger partial charge in [0, 0.05) is 12.6 Å². The van der Waals surface area contributed by atoms with Crippen molar-refractivity contribution >= 4 is 23.6 Å². The first kappa shape index (κ1) is 31.8. The minimum atomic E-state index is -0.708. The number of carbonyl (C=O) groups is 2. The molecular formula is C33H44N4O4S. The molecule has 1 aliphatic carbocycles. The summed E-state index contributed by atoms with van der Waals surface area (Å²) in [7, 11) is 3.25. The zero-order chi connectivity index (χ0) is 29.9. The minimum Gasteiger partial charge on any atom is -0.467 e. The van der Waals surface area contributed by atoms with Gasteiger partial charge in [0.05, 0.1) is 25.6 Å². The highest BCUT2D eigenvalue weighted by molar-refractivity contribution is 7.98. The molecule has 1 aromatic heterocycles. The van der Waals surface area contributed by atoms with Gasteiger partial charge in [0.1, 0.15) is 12.1 Å². The van der Waals surface area contributed by atoms with E-state index in [0.717, 1.165) is 52.5 Å². The Hall–Kier alpha value is -3.17. The third-order valence-corrected chi connectivity index (χ3v) is 8.90. The smallest absolute Gasteiger partial charge is 0.328 e. The summed E-state index contributed by atoms with van der Waals surface area (Å²) in [5.74, 6) is 0.739. The van der Waals surface area contributed by atoms with Gasteiger partial charge in [-0.25, -0.2) is 9.48 Å². The highest BCUT2D eigenvalue weighted by Gasteiger charge is 2.25. The molecule has 1 N–H and O–H groups in total. The van der Waals surface area contributed by atoms with E-state index in [0.29, 0.717) is 18.6 Å². The third-order valence-electron chi connectivity index (χ3n) is 8.26. The molecule has 4 rings (SSSR count). The lowest BCUT2D eigenvalue weighted by Gasteiger charge is -2.24. The number of carbonyl (C=O) groups excluding carboxylic acids is 2. The van der Waals surface area contributed by atoms with E-state index >= 15 is 0 Å². The van der Waals surface area contributed by atoms with Crippen LogP contribution in [0.1, 0.15) is 84.6 Å². The zero-order valence-corrected chi connectivity index (χ0v) is 26.1. The van der Waals surface area contributed by atoms with Crippen molar-refractivity contribution in [2.45, 2.75) is 77.0 Å². The van der Waals surface area contributed by atoms with Gasteiger partial charge in [-0.2, -0.15) is 11.8 Å². The van der Waals surface area contributed by atoms with Crippen LogP contribution in [-0.2, 0) is 27.9 Å². The molecule has 1 unspecified atom stereocenters. The molecular weight excluding hydrogens is 548 g/mol. The molecule has 1 amide bonds. The molecule has 0 spiro atoms. The van der Waals surface area contributed by atoms with Crippen molar-refractivity contribution < 1.29 is 19.1 Å². The predicted octanol–water partition coefficient (Wildman–Crippen LogP) is 6.43. The Morgan fingerprint density at radius 1 is 1.10 bits per heavy atom. The van der Waals surface area contributed by atoms with Crippen LogP contribution < -0.4 is 5.32 Å². The fraction of sp³-hybridized carbons (Fsp3) is 0.515. The summed E-state index contributed by atoms with van der Waals surface area (Å²) >= 11 is 1.62. The first-order chi connectivity index (χ1) is 20.4.